The van der Waals surface area contributed by atoms with E-state index < -0.39 is 5.97 Å². The third-order valence-corrected chi connectivity index (χ3v) is 3.14. The van der Waals surface area contributed by atoms with Crippen molar-refractivity contribution in [2.45, 2.75) is 27.2 Å². The average Bonchev–Trinajstić information content (AvgIpc) is 2.71. The van der Waals surface area contributed by atoms with Crippen LogP contribution in [-0.4, -0.2) is 17.0 Å². The Labute approximate surface area is 112 Å². The average molecular weight is 256 g/mol. The number of aryl methyl sites for hydroxylation is 2. The lowest BCUT2D eigenvalue weighted by Crippen LogP contribution is -2.08. The fourth-order valence-corrected chi connectivity index (χ4v) is 2.32. The van der Waals surface area contributed by atoms with Crippen LogP contribution in [0.1, 0.15) is 41.0 Å². The standard InChI is InChI=1S/C15H16N2O2/c1-4-11-12-8-10(3)6-7-17(12)13(9-16)14(11)15(18)19-5-2/h6-8H,4-5H2,1-3H3. The molecule has 0 aliphatic heterocycles. The van der Waals surface area contributed by atoms with Crippen LogP contribution in [0.2, 0.25) is 0 Å². The highest BCUT2D eigenvalue weighted by Crippen LogP contribution is 2.25. The number of carbonyl (C=O) groups is 1. The Hall–Kier alpha value is -2.28. The molecule has 0 atom stereocenters. The topological polar surface area (TPSA) is 54.5 Å². The minimum atomic E-state index is -0.419. The van der Waals surface area contributed by atoms with Crippen molar-refractivity contribution in [3.63, 3.8) is 0 Å². The number of rotatable bonds is 3. The van der Waals surface area contributed by atoms with Crippen LogP contribution in [0, 0.1) is 18.3 Å². The normalized spacial score (nSPS) is 10.4. The molecule has 0 N–H and O–H groups in total. The third-order valence-electron chi connectivity index (χ3n) is 3.14. The van der Waals surface area contributed by atoms with Gasteiger partial charge in [-0.3, -0.25) is 0 Å². The van der Waals surface area contributed by atoms with Crippen LogP contribution >= 0.6 is 0 Å². The van der Waals surface area contributed by atoms with Gasteiger partial charge in [0, 0.05) is 6.20 Å². The fourth-order valence-electron chi connectivity index (χ4n) is 2.32. The molecular formula is C15H16N2O2. The molecule has 0 aliphatic rings. The molecule has 0 radical (unpaired) electrons. The van der Waals surface area contributed by atoms with Crippen molar-refractivity contribution in [3.8, 4) is 6.07 Å². The maximum absolute atomic E-state index is 12.1. The Morgan fingerprint density at radius 3 is 2.79 bits per heavy atom. The Bertz CT molecular complexity index is 677. The molecule has 0 amide bonds. The summed E-state index contributed by atoms with van der Waals surface area (Å²) in [5, 5.41) is 9.33. The number of fused-ring (bicyclic) bond motifs is 1. The van der Waals surface area contributed by atoms with Crippen molar-refractivity contribution in [2.24, 2.45) is 0 Å². The van der Waals surface area contributed by atoms with Crippen molar-refractivity contribution < 1.29 is 9.53 Å². The van der Waals surface area contributed by atoms with Crippen LogP contribution in [0.5, 0.6) is 0 Å². The van der Waals surface area contributed by atoms with E-state index in [9.17, 15) is 10.1 Å². The first-order valence-corrected chi connectivity index (χ1v) is 6.34. The van der Waals surface area contributed by atoms with Crippen molar-refractivity contribution in [1.82, 2.24) is 4.40 Å². The first kappa shape index (κ1) is 13.2. The minimum Gasteiger partial charge on any atom is -0.462 e. The SMILES string of the molecule is CCOC(=O)c1c(CC)c2cc(C)ccn2c1C#N. The van der Waals surface area contributed by atoms with E-state index in [1.807, 2.05) is 32.2 Å². The second kappa shape index (κ2) is 5.15. The summed E-state index contributed by atoms with van der Waals surface area (Å²) in [4.78, 5) is 12.1. The zero-order valence-corrected chi connectivity index (χ0v) is 11.4. The van der Waals surface area contributed by atoms with E-state index in [0.717, 1.165) is 16.6 Å². The van der Waals surface area contributed by atoms with Crippen molar-refractivity contribution in [1.29, 1.82) is 5.26 Å². The Kier molecular flexibility index (Phi) is 3.57. The lowest BCUT2D eigenvalue weighted by Gasteiger charge is -2.02. The van der Waals surface area contributed by atoms with Crippen LogP contribution in [0.3, 0.4) is 0 Å². The second-order valence-electron chi connectivity index (χ2n) is 4.35. The second-order valence-corrected chi connectivity index (χ2v) is 4.35. The molecule has 0 saturated heterocycles. The molecule has 0 fully saturated rings. The van der Waals surface area contributed by atoms with Crippen LogP contribution in [0.15, 0.2) is 18.3 Å². The number of pyridine rings is 1. The van der Waals surface area contributed by atoms with Gasteiger partial charge in [0.1, 0.15) is 11.8 Å². The van der Waals surface area contributed by atoms with Gasteiger partial charge < -0.3 is 9.14 Å². The molecule has 2 heterocycles. The molecule has 2 aromatic heterocycles. The maximum Gasteiger partial charge on any atom is 0.341 e. The number of esters is 1. The van der Waals surface area contributed by atoms with E-state index in [-0.39, 0.29) is 0 Å². The summed E-state index contributed by atoms with van der Waals surface area (Å²) < 4.78 is 6.83. The number of aromatic nitrogens is 1. The van der Waals surface area contributed by atoms with E-state index in [0.29, 0.717) is 24.3 Å². The number of hydrogen-bond acceptors (Lipinski definition) is 3. The number of nitriles is 1. The van der Waals surface area contributed by atoms with Gasteiger partial charge in [0.15, 0.2) is 0 Å². The summed E-state index contributed by atoms with van der Waals surface area (Å²) in [5.74, 6) is -0.419. The lowest BCUT2D eigenvalue weighted by molar-refractivity contribution is 0.0525. The maximum atomic E-state index is 12.1. The molecular weight excluding hydrogens is 240 g/mol. The summed E-state index contributed by atoms with van der Waals surface area (Å²) in [6, 6.07) is 6.02. The summed E-state index contributed by atoms with van der Waals surface area (Å²) in [6.07, 6.45) is 2.51. The van der Waals surface area contributed by atoms with E-state index in [4.69, 9.17) is 4.74 Å². The molecule has 0 bridgehead atoms. The molecule has 4 heteroatoms. The van der Waals surface area contributed by atoms with Crippen LogP contribution in [0.25, 0.3) is 5.52 Å². The van der Waals surface area contributed by atoms with Crippen LogP contribution in [0.4, 0.5) is 0 Å². The van der Waals surface area contributed by atoms with Crippen molar-refractivity contribution in [2.75, 3.05) is 6.61 Å². The Morgan fingerprint density at radius 2 is 2.21 bits per heavy atom. The molecule has 0 aromatic carbocycles. The summed E-state index contributed by atoms with van der Waals surface area (Å²) in [5.41, 5.74) is 3.63. The van der Waals surface area contributed by atoms with Crippen LogP contribution in [-0.2, 0) is 11.2 Å². The number of nitrogens with zero attached hydrogens (tertiary/aromatic N) is 2. The molecule has 0 saturated carbocycles. The van der Waals surface area contributed by atoms with Gasteiger partial charge >= 0.3 is 5.97 Å². The predicted octanol–water partition coefficient (Wildman–Crippen LogP) is 2.86. The number of ether oxygens (including phenoxy) is 1. The first-order valence-electron chi connectivity index (χ1n) is 6.34. The summed E-state index contributed by atoms with van der Waals surface area (Å²) >= 11 is 0. The lowest BCUT2D eigenvalue weighted by atomic mass is 10.1. The molecule has 2 aromatic rings. The van der Waals surface area contributed by atoms with Gasteiger partial charge in [0.25, 0.3) is 0 Å². The third kappa shape index (κ3) is 2.08. The fraction of sp³-hybridized carbons (Fsp3) is 0.333. The van der Waals surface area contributed by atoms with Gasteiger partial charge in [-0.05, 0) is 43.5 Å². The number of carbonyl (C=O) groups excluding carboxylic acids is 1. The highest BCUT2D eigenvalue weighted by molar-refractivity contribution is 5.96. The van der Waals surface area contributed by atoms with E-state index >= 15 is 0 Å². The number of hydrogen-bond donors (Lipinski definition) is 0. The minimum absolute atomic E-state index is 0.304. The summed E-state index contributed by atoms with van der Waals surface area (Å²) in [6.45, 7) is 6.03. The van der Waals surface area contributed by atoms with Gasteiger partial charge in [-0.25, -0.2) is 4.79 Å². The molecule has 0 aliphatic carbocycles. The Balaban J connectivity index is 2.81. The predicted molar refractivity (Wildman–Crippen MR) is 72.2 cm³/mol. The van der Waals surface area contributed by atoms with E-state index in [2.05, 4.69) is 6.07 Å². The zero-order chi connectivity index (χ0) is 14.0. The monoisotopic (exact) mass is 256 g/mol. The van der Waals surface area contributed by atoms with Gasteiger partial charge in [-0.1, -0.05) is 6.92 Å². The van der Waals surface area contributed by atoms with E-state index in [1.54, 1.807) is 11.3 Å². The smallest absolute Gasteiger partial charge is 0.341 e. The zero-order valence-electron chi connectivity index (χ0n) is 11.4. The van der Waals surface area contributed by atoms with Crippen molar-refractivity contribution >= 4 is 11.5 Å². The van der Waals surface area contributed by atoms with Crippen LogP contribution < -0.4 is 0 Å². The molecule has 19 heavy (non-hydrogen) atoms. The molecule has 0 spiro atoms. The highest BCUT2D eigenvalue weighted by Gasteiger charge is 2.23. The van der Waals surface area contributed by atoms with Gasteiger partial charge in [0.2, 0.25) is 0 Å². The molecule has 2 rings (SSSR count). The molecule has 0 unspecified atom stereocenters. The largest absolute Gasteiger partial charge is 0.462 e. The summed E-state index contributed by atoms with van der Waals surface area (Å²) in [7, 11) is 0. The highest BCUT2D eigenvalue weighted by atomic mass is 16.5. The molecule has 4 nitrogen and oxygen atoms in total. The van der Waals surface area contributed by atoms with E-state index in [1.165, 1.54) is 0 Å². The van der Waals surface area contributed by atoms with Gasteiger partial charge in [0.05, 0.1) is 17.7 Å². The first-order chi connectivity index (χ1) is 9.13. The van der Waals surface area contributed by atoms with Crippen molar-refractivity contribution in [3.05, 3.63) is 40.7 Å². The van der Waals surface area contributed by atoms with Gasteiger partial charge in [-0.15, -0.1) is 0 Å². The quantitative estimate of drug-likeness (QED) is 0.793. The molecule has 98 valence electrons. The Morgan fingerprint density at radius 1 is 1.47 bits per heavy atom. The van der Waals surface area contributed by atoms with Gasteiger partial charge in [-0.2, -0.15) is 5.26 Å².